The summed E-state index contributed by atoms with van der Waals surface area (Å²) in [4.78, 5) is 28.8. The van der Waals surface area contributed by atoms with Crippen molar-refractivity contribution in [2.24, 2.45) is 0 Å². The Balaban J connectivity index is 1.41. The molecule has 0 atom stereocenters. The maximum Gasteiger partial charge on any atom is 0.270 e. The maximum atomic E-state index is 13.3. The second kappa shape index (κ2) is 7.97. The molecule has 146 valence electrons. The zero-order chi connectivity index (χ0) is 20.2. The van der Waals surface area contributed by atoms with Crippen LogP contribution in [-0.2, 0) is 6.54 Å². The number of carbonyl (C=O) groups is 2. The average molecular weight is 393 g/mol. The first-order valence-corrected chi connectivity index (χ1v) is 8.78. The highest BCUT2D eigenvalue weighted by Gasteiger charge is 2.15. The van der Waals surface area contributed by atoms with Gasteiger partial charge in [0.2, 0.25) is 6.79 Å². The van der Waals surface area contributed by atoms with Gasteiger partial charge in [0.1, 0.15) is 11.5 Å². The van der Waals surface area contributed by atoms with Crippen LogP contribution in [0.15, 0.2) is 60.8 Å². The predicted molar refractivity (Wildman–Crippen MR) is 102 cm³/mol. The largest absolute Gasteiger partial charge is 0.454 e. The first-order chi connectivity index (χ1) is 14.1. The molecule has 2 amide bonds. The van der Waals surface area contributed by atoms with E-state index in [2.05, 4.69) is 15.6 Å². The zero-order valence-electron chi connectivity index (χ0n) is 15.1. The van der Waals surface area contributed by atoms with Gasteiger partial charge in [-0.05, 0) is 48.0 Å². The Kier molecular flexibility index (Phi) is 5.07. The second-order valence-electron chi connectivity index (χ2n) is 6.26. The standard InChI is InChI=1S/C21H16FN3O4/c22-15-2-1-3-16(10-15)25-20(26)14-6-7-23-17(9-14)21(27)24-11-13-4-5-18-19(8-13)29-12-28-18/h1-10H,11-12H2,(H,24,27)(H,25,26). The third kappa shape index (κ3) is 4.32. The molecule has 2 aromatic carbocycles. The molecule has 0 spiro atoms. The highest BCUT2D eigenvalue weighted by molar-refractivity contribution is 6.05. The van der Waals surface area contributed by atoms with E-state index in [0.717, 1.165) is 5.56 Å². The van der Waals surface area contributed by atoms with E-state index in [0.29, 0.717) is 17.2 Å². The summed E-state index contributed by atoms with van der Waals surface area (Å²) in [5, 5.41) is 5.33. The minimum absolute atomic E-state index is 0.0950. The first-order valence-electron chi connectivity index (χ1n) is 8.78. The molecule has 0 bridgehead atoms. The topological polar surface area (TPSA) is 89.6 Å². The Labute approximate surface area is 165 Å². The van der Waals surface area contributed by atoms with Crippen molar-refractivity contribution >= 4 is 17.5 Å². The number of aromatic nitrogens is 1. The minimum atomic E-state index is -0.470. The van der Waals surface area contributed by atoms with E-state index in [1.54, 1.807) is 18.2 Å². The van der Waals surface area contributed by atoms with E-state index in [9.17, 15) is 14.0 Å². The third-order valence-corrected chi connectivity index (χ3v) is 4.23. The third-order valence-electron chi connectivity index (χ3n) is 4.23. The fourth-order valence-electron chi connectivity index (χ4n) is 2.79. The number of anilines is 1. The normalized spacial score (nSPS) is 11.8. The molecule has 3 aromatic rings. The smallest absolute Gasteiger partial charge is 0.270 e. The zero-order valence-corrected chi connectivity index (χ0v) is 15.1. The van der Waals surface area contributed by atoms with Gasteiger partial charge in [0.05, 0.1) is 0 Å². The number of fused-ring (bicyclic) bond motifs is 1. The van der Waals surface area contributed by atoms with Crippen LogP contribution in [0.5, 0.6) is 11.5 Å². The lowest BCUT2D eigenvalue weighted by atomic mass is 10.2. The molecule has 0 aliphatic carbocycles. The van der Waals surface area contributed by atoms with Crippen molar-refractivity contribution in [3.8, 4) is 11.5 Å². The number of amides is 2. The average Bonchev–Trinajstić information content (AvgIpc) is 3.20. The molecule has 4 rings (SSSR count). The number of nitrogens with one attached hydrogen (secondary N) is 2. The van der Waals surface area contributed by atoms with Gasteiger partial charge < -0.3 is 20.1 Å². The lowest BCUT2D eigenvalue weighted by molar-refractivity contribution is 0.0946. The van der Waals surface area contributed by atoms with E-state index in [4.69, 9.17) is 9.47 Å². The van der Waals surface area contributed by atoms with Gasteiger partial charge >= 0.3 is 0 Å². The summed E-state index contributed by atoms with van der Waals surface area (Å²) < 4.78 is 23.8. The lowest BCUT2D eigenvalue weighted by Gasteiger charge is -2.08. The van der Waals surface area contributed by atoms with Crippen molar-refractivity contribution in [2.45, 2.75) is 6.54 Å². The summed E-state index contributed by atoms with van der Waals surface area (Å²) in [5.74, 6) is -0.0587. The summed E-state index contributed by atoms with van der Waals surface area (Å²) in [7, 11) is 0. The molecule has 0 saturated heterocycles. The molecule has 8 heteroatoms. The molecular weight excluding hydrogens is 377 g/mol. The Hall–Kier alpha value is -3.94. The molecule has 7 nitrogen and oxygen atoms in total. The van der Waals surface area contributed by atoms with E-state index in [-0.39, 0.29) is 24.6 Å². The predicted octanol–water partition coefficient (Wildman–Crippen LogP) is 3.13. The molecule has 0 fully saturated rings. The monoisotopic (exact) mass is 393 g/mol. The van der Waals surface area contributed by atoms with Gasteiger partial charge in [-0.15, -0.1) is 0 Å². The fourth-order valence-corrected chi connectivity index (χ4v) is 2.79. The molecule has 0 unspecified atom stereocenters. The molecule has 2 N–H and O–H groups in total. The molecule has 0 saturated carbocycles. The van der Waals surface area contributed by atoms with Gasteiger partial charge in [-0.1, -0.05) is 12.1 Å². The summed E-state index contributed by atoms with van der Waals surface area (Å²) >= 11 is 0. The van der Waals surface area contributed by atoms with E-state index < -0.39 is 17.6 Å². The van der Waals surface area contributed by atoms with Crippen LogP contribution in [0.2, 0.25) is 0 Å². The Morgan fingerprint density at radius 2 is 1.86 bits per heavy atom. The molecule has 0 radical (unpaired) electrons. The molecule has 1 aliphatic rings. The van der Waals surface area contributed by atoms with E-state index in [1.165, 1.54) is 36.5 Å². The van der Waals surface area contributed by atoms with Crippen molar-refractivity contribution < 1.29 is 23.5 Å². The number of nitrogens with zero attached hydrogens (tertiary/aromatic N) is 1. The summed E-state index contributed by atoms with van der Waals surface area (Å²) in [6.45, 7) is 0.441. The second-order valence-corrected chi connectivity index (χ2v) is 6.26. The van der Waals surface area contributed by atoms with Gasteiger partial charge in [0.25, 0.3) is 11.8 Å². The van der Waals surface area contributed by atoms with Crippen LogP contribution in [-0.4, -0.2) is 23.6 Å². The Bertz CT molecular complexity index is 1090. The van der Waals surface area contributed by atoms with Crippen molar-refractivity contribution in [3.05, 3.63) is 83.4 Å². The number of carbonyl (C=O) groups excluding carboxylic acids is 2. The molecule has 1 aromatic heterocycles. The molecule has 1 aliphatic heterocycles. The van der Waals surface area contributed by atoms with E-state index >= 15 is 0 Å². The van der Waals surface area contributed by atoms with Crippen LogP contribution in [0, 0.1) is 5.82 Å². The van der Waals surface area contributed by atoms with Crippen LogP contribution in [0.3, 0.4) is 0 Å². The number of halogens is 1. The fraction of sp³-hybridized carbons (Fsp3) is 0.0952. The van der Waals surface area contributed by atoms with Crippen LogP contribution >= 0.6 is 0 Å². The van der Waals surface area contributed by atoms with Gasteiger partial charge in [-0.2, -0.15) is 0 Å². The van der Waals surface area contributed by atoms with Crippen LogP contribution in [0.25, 0.3) is 0 Å². The van der Waals surface area contributed by atoms with Gasteiger partial charge in [-0.3, -0.25) is 14.6 Å². The first kappa shape index (κ1) is 18.4. The van der Waals surface area contributed by atoms with Gasteiger partial charge in [-0.25, -0.2) is 4.39 Å². The molecular formula is C21H16FN3O4. The number of hydrogen-bond donors (Lipinski definition) is 2. The van der Waals surface area contributed by atoms with Crippen molar-refractivity contribution in [2.75, 3.05) is 12.1 Å². The highest BCUT2D eigenvalue weighted by Crippen LogP contribution is 2.32. The number of hydrogen-bond acceptors (Lipinski definition) is 5. The number of benzene rings is 2. The van der Waals surface area contributed by atoms with Crippen LogP contribution in [0.1, 0.15) is 26.4 Å². The minimum Gasteiger partial charge on any atom is -0.454 e. The van der Waals surface area contributed by atoms with Gasteiger partial charge in [0, 0.05) is 24.0 Å². The van der Waals surface area contributed by atoms with Crippen LogP contribution < -0.4 is 20.1 Å². The van der Waals surface area contributed by atoms with Crippen LogP contribution in [0.4, 0.5) is 10.1 Å². The Morgan fingerprint density at radius 1 is 1.00 bits per heavy atom. The van der Waals surface area contributed by atoms with Crippen molar-refractivity contribution in [1.29, 1.82) is 0 Å². The summed E-state index contributed by atoms with van der Waals surface area (Å²) in [6, 6.07) is 13.8. The number of pyridine rings is 1. The Morgan fingerprint density at radius 3 is 2.72 bits per heavy atom. The summed E-state index contributed by atoms with van der Waals surface area (Å²) in [6.07, 6.45) is 1.37. The molecule has 29 heavy (non-hydrogen) atoms. The number of rotatable bonds is 5. The quantitative estimate of drug-likeness (QED) is 0.695. The SMILES string of the molecule is O=C(Nc1cccc(F)c1)c1ccnc(C(=O)NCc2ccc3c(c2)OCO3)c1. The number of ether oxygens (including phenoxy) is 2. The summed E-state index contributed by atoms with van der Waals surface area (Å²) in [5.41, 5.74) is 1.48. The highest BCUT2D eigenvalue weighted by atomic mass is 19.1. The van der Waals surface area contributed by atoms with Crippen molar-refractivity contribution in [3.63, 3.8) is 0 Å². The van der Waals surface area contributed by atoms with E-state index in [1.807, 2.05) is 6.07 Å². The lowest BCUT2D eigenvalue weighted by Crippen LogP contribution is -2.24. The van der Waals surface area contributed by atoms with Gasteiger partial charge in [0.15, 0.2) is 11.5 Å². The molecule has 2 heterocycles. The maximum absolute atomic E-state index is 13.3. The van der Waals surface area contributed by atoms with Crippen molar-refractivity contribution in [1.82, 2.24) is 10.3 Å².